The zero-order valence-corrected chi connectivity index (χ0v) is 14.9. The fourth-order valence-corrected chi connectivity index (χ4v) is 10.8. The van der Waals surface area contributed by atoms with E-state index in [0.717, 1.165) is 0 Å². The summed E-state index contributed by atoms with van der Waals surface area (Å²) in [5.41, 5.74) is 0. The first-order valence-corrected chi connectivity index (χ1v) is 12.5. The minimum Gasteiger partial charge on any atom is -0.415 e. The summed E-state index contributed by atoms with van der Waals surface area (Å²) in [6.07, 6.45) is 0. The Balaban J connectivity index is 4.72. The van der Waals surface area contributed by atoms with Gasteiger partial charge in [0.2, 0.25) is 0 Å². The van der Waals surface area contributed by atoms with Gasteiger partial charge in [0.05, 0.1) is 0 Å². The van der Waals surface area contributed by atoms with Crippen LogP contribution in [0.3, 0.4) is 0 Å². The third-order valence-corrected chi connectivity index (χ3v) is 11.5. The summed E-state index contributed by atoms with van der Waals surface area (Å²) >= 11 is 0. The Morgan fingerprint density at radius 2 is 0.941 bits per heavy atom. The van der Waals surface area contributed by atoms with E-state index in [2.05, 4.69) is 0 Å². The van der Waals surface area contributed by atoms with Crippen LogP contribution in [0.5, 0.6) is 0 Å². The van der Waals surface area contributed by atoms with Crippen molar-refractivity contribution in [2.75, 3.05) is 28.4 Å². The predicted molar refractivity (Wildman–Crippen MR) is 70.9 cm³/mol. The monoisotopic (exact) mass is 300 g/mol. The first-order valence-electron chi connectivity index (χ1n) is 5.27. The first kappa shape index (κ1) is 17.4. The average Bonchev–Trinajstić information content (AvgIpc) is 2.25. The molecular weight excluding hydrogens is 276 g/mol. The maximum absolute atomic E-state index is 5.96. The fourth-order valence-electron chi connectivity index (χ4n) is 1.33. The molecule has 0 heterocycles. The standard InChI is InChI=1S/C8H24O6Si3/c1-9-15(5,6)13-16(7,8)14-17(10-2,11-3)12-4/h1-8H3. The Morgan fingerprint density at radius 3 is 1.24 bits per heavy atom. The molecule has 0 spiro atoms. The highest BCUT2D eigenvalue weighted by atomic mass is 28.5. The Bertz CT molecular complexity index is 223. The second-order valence-electron chi connectivity index (χ2n) is 4.32. The van der Waals surface area contributed by atoms with E-state index in [1.54, 1.807) is 7.11 Å². The van der Waals surface area contributed by atoms with Crippen molar-refractivity contribution in [3.8, 4) is 0 Å². The number of rotatable bonds is 8. The highest BCUT2D eigenvalue weighted by Gasteiger charge is 2.50. The van der Waals surface area contributed by atoms with Gasteiger partial charge in [-0.3, -0.25) is 0 Å². The van der Waals surface area contributed by atoms with Crippen molar-refractivity contribution in [1.82, 2.24) is 0 Å². The van der Waals surface area contributed by atoms with Crippen LogP contribution in [0.4, 0.5) is 0 Å². The van der Waals surface area contributed by atoms with E-state index in [9.17, 15) is 0 Å². The highest BCUT2D eigenvalue weighted by molar-refractivity contribution is 6.82. The molecular formula is C8H24O6Si3. The summed E-state index contributed by atoms with van der Waals surface area (Å²) in [5, 5.41) is 0. The average molecular weight is 301 g/mol. The molecule has 0 aliphatic rings. The van der Waals surface area contributed by atoms with E-state index in [-0.39, 0.29) is 0 Å². The van der Waals surface area contributed by atoms with Crippen LogP contribution in [0.1, 0.15) is 0 Å². The molecule has 0 rings (SSSR count). The summed E-state index contributed by atoms with van der Waals surface area (Å²) in [6, 6.07) is 0. The minimum absolute atomic E-state index is 1.50. The molecule has 0 N–H and O–H groups in total. The molecule has 0 unspecified atom stereocenters. The second kappa shape index (κ2) is 6.54. The first-order chi connectivity index (χ1) is 7.66. The lowest BCUT2D eigenvalue weighted by Gasteiger charge is -2.36. The van der Waals surface area contributed by atoms with E-state index >= 15 is 0 Å². The van der Waals surface area contributed by atoms with Gasteiger partial charge in [-0.05, 0) is 26.2 Å². The van der Waals surface area contributed by atoms with E-state index in [1.165, 1.54) is 21.3 Å². The van der Waals surface area contributed by atoms with E-state index in [0.29, 0.717) is 0 Å². The normalized spacial score (nSPS) is 14.1. The van der Waals surface area contributed by atoms with Crippen molar-refractivity contribution in [3.63, 3.8) is 0 Å². The summed E-state index contributed by atoms with van der Waals surface area (Å²) in [4.78, 5) is 0. The van der Waals surface area contributed by atoms with Crippen molar-refractivity contribution in [1.29, 1.82) is 0 Å². The highest BCUT2D eigenvalue weighted by Crippen LogP contribution is 2.21. The second-order valence-corrected chi connectivity index (χ2v) is 14.2. The molecule has 0 aromatic rings. The van der Waals surface area contributed by atoms with Crippen LogP contribution in [0.2, 0.25) is 26.2 Å². The lowest BCUT2D eigenvalue weighted by atomic mass is 11.8. The van der Waals surface area contributed by atoms with Gasteiger partial charge in [-0.15, -0.1) is 0 Å². The van der Waals surface area contributed by atoms with Crippen molar-refractivity contribution >= 4 is 26.2 Å². The van der Waals surface area contributed by atoms with Crippen molar-refractivity contribution < 1.29 is 25.9 Å². The zero-order chi connectivity index (χ0) is 13.7. The van der Waals surface area contributed by atoms with Gasteiger partial charge in [-0.2, -0.15) is 0 Å². The Kier molecular flexibility index (Phi) is 6.70. The van der Waals surface area contributed by atoms with Gasteiger partial charge >= 0.3 is 26.2 Å². The maximum atomic E-state index is 5.96. The van der Waals surface area contributed by atoms with Gasteiger partial charge in [-0.25, -0.2) is 0 Å². The third-order valence-electron chi connectivity index (χ3n) is 2.10. The molecule has 104 valence electrons. The van der Waals surface area contributed by atoms with Crippen LogP contribution in [-0.2, 0) is 25.9 Å². The topological polar surface area (TPSA) is 55.4 Å². The van der Waals surface area contributed by atoms with Crippen LogP contribution in [0.15, 0.2) is 0 Å². The lowest BCUT2D eigenvalue weighted by molar-refractivity contribution is 0.0401. The quantitative estimate of drug-likeness (QED) is 0.632. The molecule has 0 bridgehead atoms. The van der Waals surface area contributed by atoms with Crippen LogP contribution >= 0.6 is 0 Å². The molecule has 0 saturated heterocycles. The molecule has 0 aromatic carbocycles. The van der Waals surface area contributed by atoms with Crippen molar-refractivity contribution in [2.45, 2.75) is 26.2 Å². The fraction of sp³-hybridized carbons (Fsp3) is 1.00. The molecule has 17 heavy (non-hydrogen) atoms. The summed E-state index contributed by atoms with van der Waals surface area (Å²) in [7, 11) is -1.50. The summed E-state index contributed by atoms with van der Waals surface area (Å²) in [6.45, 7) is 7.75. The molecule has 0 aromatic heterocycles. The van der Waals surface area contributed by atoms with Crippen LogP contribution < -0.4 is 0 Å². The Labute approximate surface area is 107 Å². The van der Waals surface area contributed by atoms with Crippen LogP contribution in [-0.4, -0.2) is 54.6 Å². The third kappa shape index (κ3) is 5.72. The smallest absolute Gasteiger partial charge is 0.415 e. The molecule has 0 amide bonds. The molecule has 9 heteroatoms. The van der Waals surface area contributed by atoms with Gasteiger partial charge in [0.1, 0.15) is 0 Å². The predicted octanol–water partition coefficient (Wildman–Crippen LogP) is 1.44. The van der Waals surface area contributed by atoms with Crippen LogP contribution in [0.25, 0.3) is 0 Å². The zero-order valence-electron chi connectivity index (χ0n) is 11.9. The van der Waals surface area contributed by atoms with Gasteiger partial charge in [0.15, 0.2) is 0 Å². The van der Waals surface area contributed by atoms with Gasteiger partial charge in [-0.1, -0.05) is 0 Å². The molecule has 0 atom stereocenters. The largest absolute Gasteiger partial charge is 0.669 e. The van der Waals surface area contributed by atoms with E-state index < -0.39 is 26.2 Å². The van der Waals surface area contributed by atoms with E-state index in [4.69, 9.17) is 25.9 Å². The minimum atomic E-state index is -3.06. The summed E-state index contributed by atoms with van der Waals surface area (Å²) in [5.74, 6) is 0. The van der Waals surface area contributed by atoms with Crippen molar-refractivity contribution in [3.05, 3.63) is 0 Å². The summed E-state index contributed by atoms with van der Waals surface area (Å²) < 4.78 is 32.8. The van der Waals surface area contributed by atoms with Crippen LogP contribution in [0, 0.1) is 0 Å². The Hall–Kier alpha value is 0.411. The molecule has 0 aliphatic carbocycles. The van der Waals surface area contributed by atoms with Gasteiger partial charge in [0.25, 0.3) is 0 Å². The van der Waals surface area contributed by atoms with E-state index in [1.807, 2.05) is 26.2 Å². The molecule has 0 aliphatic heterocycles. The number of hydrogen-bond acceptors (Lipinski definition) is 6. The maximum Gasteiger partial charge on any atom is 0.669 e. The molecule has 6 nitrogen and oxygen atoms in total. The SMILES string of the molecule is CO[Si](C)(C)O[Si](C)(C)O[Si](OC)(OC)OC. The molecule has 0 fully saturated rings. The van der Waals surface area contributed by atoms with Gasteiger partial charge in [0, 0.05) is 28.4 Å². The molecule has 0 saturated carbocycles. The Morgan fingerprint density at radius 1 is 0.529 bits per heavy atom. The molecule has 0 radical (unpaired) electrons. The van der Waals surface area contributed by atoms with Crippen molar-refractivity contribution in [2.24, 2.45) is 0 Å². The lowest BCUT2D eigenvalue weighted by Crippen LogP contribution is -2.58. The number of hydrogen-bond donors (Lipinski definition) is 0. The van der Waals surface area contributed by atoms with Gasteiger partial charge < -0.3 is 25.9 Å².